The van der Waals surface area contributed by atoms with Crippen LogP contribution in [-0.4, -0.2) is 43.6 Å². The van der Waals surface area contributed by atoms with Crippen molar-refractivity contribution in [3.8, 4) is 0 Å². The molecule has 4 rings (SSSR count). The van der Waals surface area contributed by atoms with Gasteiger partial charge in [0.1, 0.15) is 11.1 Å². The molecule has 1 unspecified atom stereocenters. The molecule has 13 nitrogen and oxygen atoms in total. The Morgan fingerprint density at radius 1 is 1.12 bits per heavy atom. The summed E-state index contributed by atoms with van der Waals surface area (Å²) >= 11 is 11.8. The third kappa shape index (κ3) is 4.74. The molecule has 0 saturated carbocycles. The quantitative estimate of drug-likeness (QED) is 0.224. The number of hydrogen-bond acceptors (Lipinski definition) is 8. The zero-order chi connectivity index (χ0) is 24.4. The van der Waals surface area contributed by atoms with E-state index in [1.807, 2.05) is 0 Å². The molecule has 1 atom stereocenters. The molecule has 3 aromatic rings. The summed E-state index contributed by atoms with van der Waals surface area (Å²) in [5.41, 5.74) is 2.45. The molecule has 174 valence electrons. The maximum Gasteiger partial charge on any atom is 0.326 e. The van der Waals surface area contributed by atoms with Crippen LogP contribution in [0.1, 0.15) is 16.8 Å². The van der Waals surface area contributed by atoms with E-state index in [4.69, 9.17) is 23.2 Å². The second kappa shape index (κ2) is 9.33. The molecule has 0 radical (unpaired) electrons. The van der Waals surface area contributed by atoms with Gasteiger partial charge in [-0.2, -0.15) is 4.68 Å². The van der Waals surface area contributed by atoms with Crippen molar-refractivity contribution in [2.75, 3.05) is 21.4 Å². The van der Waals surface area contributed by atoms with Gasteiger partial charge in [-0.1, -0.05) is 29.3 Å². The Hall–Kier alpha value is -4.23. The molecule has 1 aromatic heterocycles. The highest BCUT2D eigenvalue weighted by molar-refractivity contribution is 6.36. The van der Waals surface area contributed by atoms with Crippen molar-refractivity contribution in [3.05, 3.63) is 68.2 Å². The van der Waals surface area contributed by atoms with Gasteiger partial charge >= 0.3 is 6.03 Å². The van der Waals surface area contributed by atoms with Crippen molar-refractivity contribution in [3.63, 3.8) is 0 Å². The zero-order valence-corrected chi connectivity index (χ0v) is 18.4. The third-order valence-electron chi connectivity index (χ3n) is 4.70. The highest BCUT2D eigenvalue weighted by atomic mass is 35.5. The van der Waals surface area contributed by atoms with E-state index >= 15 is 0 Å². The van der Waals surface area contributed by atoms with Gasteiger partial charge in [-0.3, -0.25) is 30.4 Å². The number of nitro benzene ring substituents is 1. The summed E-state index contributed by atoms with van der Waals surface area (Å²) in [6, 6.07) is 8.52. The predicted octanol–water partition coefficient (Wildman–Crippen LogP) is 3.27. The van der Waals surface area contributed by atoms with E-state index < -0.39 is 34.4 Å². The average Bonchev–Trinajstić information content (AvgIpc) is 3.16. The first kappa shape index (κ1) is 22.9. The summed E-state index contributed by atoms with van der Waals surface area (Å²) in [7, 11) is 0. The molecule has 0 saturated heterocycles. The molecule has 1 aliphatic heterocycles. The molecule has 1 aliphatic rings. The molecule has 4 N–H and O–H groups in total. The van der Waals surface area contributed by atoms with Crippen LogP contribution in [0, 0.1) is 10.1 Å². The maximum absolute atomic E-state index is 12.7. The standard InChI is InChI=1S/C19H14Cl2N8O5/c20-9-4-6-10(7-5-9)22-19(32)24-18-26-25-17-23-12(16(31)27-28(17)18)8-14(30)11-2-1-3-13(15(11)21)29(33)34/h1-7,12H,8H2,(H,23,25)(H,27,31)(H2,22,24,26,32). The first-order chi connectivity index (χ1) is 16.2. The molecule has 0 bridgehead atoms. The first-order valence-electron chi connectivity index (χ1n) is 9.55. The van der Waals surface area contributed by atoms with E-state index in [0.717, 1.165) is 4.68 Å². The van der Waals surface area contributed by atoms with E-state index in [2.05, 4.69) is 31.6 Å². The van der Waals surface area contributed by atoms with Crippen molar-refractivity contribution in [1.82, 2.24) is 14.9 Å². The number of carbonyl (C=O) groups excluding carboxylic acids is 3. The molecular weight excluding hydrogens is 491 g/mol. The van der Waals surface area contributed by atoms with Crippen molar-refractivity contribution in [2.45, 2.75) is 12.5 Å². The van der Waals surface area contributed by atoms with Gasteiger partial charge in [0.2, 0.25) is 5.95 Å². The smallest absolute Gasteiger partial charge is 0.326 e. The summed E-state index contributed by atoms with van der Waals surface area (Å²) in [5.74, 6) is -1.24. The lowest BCUT2D eigenvalue weighted by molar-refractivity contribution is -0.384. The Morgan fingerprint density at radius 2 is 1.85 bits per heavy atom. The minimum Gasteiger partial charge on any atom is -0.340 e. The summed E-state index contributed by atoms with van der Waals surface area (Å²) in [4.78, 5) is 47.8. The molecule has 2 heterocycles. The van der Waals surface area contributed by atoms with Crippen molar-refractivity contribution in [1.29, 1.82) is 0 Å². The molecule has 34 heavy (non-hydrogen) atoms. The lowest BCUT2D eigenvalue weighted by Gasteiger charge is -2.25. The zero-order valence-electron chi connectivity index (χ0n) is 16.9. The number of nitrogens with one attached hydrogen (secondary N) is 4. The summed E-state index contributed by atoms with van der Waals surface area (Å²) in [5, 5.41) is 26.7. The van der Waals surface area contributed by atoms with Crippen LogP contribution < -0.4 is 21.4 Å². The predicted molar refractivity (Wildman–Crippen MR) is 123 cm³/mol. The number of fused-ring (bicyclic) bond motifs is 1. The number of nitrogens with zero attached hydrogens (tertiary/aromatic N) is 4. The van der Waals surface area contributed by atoms with Gasteiger partial charge < -0.3 is 10.6 Å². The molecule has 15 heteroatoms. The van der Waals surface area contributed by atoms with Crippen molar-refractivity contribution >= 4 is 64.2 Å². The van der Waals surface area contributed by atoms with Crippen LogP contribution in [0.25, 0.3) is 0 Å². The molecule has 3 amide bonds. The minimum absolute atomic E-state index is 0.0596. The number of aromatic nitrogens is 3. The number of urea groups is 1. The topological polar surface area (TPSA) is 173 Å². The number of carbonyl (C=O) groups is 3. The van der Waals surface area contributed by atoms with Gasteiger partial charge in [-0.25, -0.2) is 4.79 Å². The molecule has 0 aliphatic carbocycles. The summed E-state index contributed by atoms with van der Waals surface area (Å²) < 4.78 is 1.10. The van der Waals surface area contributed by atoms with Gasteiger partial charge in [0.15, 0.2) is 5.78 Å². The maximum atomic E-state index is 12.7. The van der Waals surface area contributed by atoms with Crippen molar-refractivity contribution in [2.24, 2.45) is 0 Å². The van der Waals surface area contributed by atoms with E-state index in [1.165, 1.54) is 18.2 Å². The van der Waals surface area contributed by atoms with Gasteiger partial charge in [-0.05, 0) is 30.3 Å². The van der Waals surface area contributed by atoms with E-state index in [1.54, 1.807) is 24.3 Å². The fourth-order valence-corrected chi connectivity index (χ4v) is 3.51. The third-order valence-corrected chi connectivity index (χ3v) is 5.35. The van der Waals surface area contributed by atoms with Crippen LogP contribution >= 0.6 is 23.2 Å². The Bertz CT molecular complexity index is 1310. The molecule has 0 fully saturated rings. The SMILES string of the molecule is O=C(Nc1ccc(Cl)cc1)Nc1nnc2n1NC(=O)C(CC(=O)c1cccc([N+](=O)[O-])c1Cl)N2. The number of benzene rings is 2. The van der Waals surface area contributed by atoms with Crippen LogP contribution in [0.3, 0.4) is 0 Å². The number of anilines is 3. The number of Topliss-reactive ketones (excluding diaryl/α,β-unsaturated/α-hetero) is 1. The average molecular weight is 505 g/mol. The van der Waals surface area contributed by atoms with Crippen LogP contribution in [-0.2, 0) is 4.79 Å². The van der Waals surface area contributed by atoms with E-state index in [9.17, 15) is 24.5 Å². The fourth-order valence-electron chi connectivity index (χ4n) is 3.09. The molecular formula is C19H14Cl2N8O5. The largest absolute Gasteiger partial charge is 0.340 e. The number of nitro groups is 1. The normalized spacial score (nSPS) is 14.4. The second-order valence-corrected chi connectivity index (χ2v) is 7.78. The minimum atomic E-state index is -1.06. The number of amides is 3. The molecule has 0 spiro atoms. The van der Waals surface area contributed by atoms with Crippen molar-refractivity contribution < 1.29 is 19.3 Å². The Kier molecular flexibility index (Phi) is 6.30. The van der Waals surface area contributed by atoms with Gasteiger partial charge in [0, 0.05) is 28.8 Å². The second-order valence-electron chi connectivity index (χ2n) is 6.96. The molecule has 2 aromatic carbocycles. The van der Waals surface area contributed by atoms with Crippen LogP contribution in [0.15, 0.2) is 42.5 Å². The Labute approximate surface area is 200 Å². The van der Waals surface area contributed by atoms with E-state index in [-0.39, 0.29) is 28.9 Å². The summed E-state index contributed by atoms with van der Waals surface area (Å²) in [6.07, 6.45) is -0.362. The van der Waals surface area contributed by atoms with Crippen LogP contribution in [0.2, 0.25) is 10.0 Å². The van der Waals surface area contributed by atoms with Gasteiger partial charge in [0.25, 0.3) is 17.5 Å². The lowest BCUT2D eigenvalue weighted by atomic mass is 10.0. The highest BCUT2D eigenvalue weighted by Gasteiger charge is 2.32. The Balaban J connectivity index is 1.44. The monoisotopic (exact) mass is 504 g/mol. The number of ketones is 1. The number of hydrogen-bond donors (Lipinski definition) is 4. The Morgan fingerprint density at radius 3 is 2.56 bits per heavy atom. The summed E-state index contributed by atoms with van der Waals surface area (Å²) in [6.45, 7) is 0. The fraction of sp³-hybridized carbons (Fsp3) is 0.105. The highest BCUT2D eigenvalue weighted by Crippen LogP contribution is 2.29. The van der Waals surface area contributed by atoms with Gasteiger partial charge in [0.05, 0.1) is 4.92 Å². The number of halogens is 2. The van der Waals surface area contributed by atoms with Crippen LogP contribution in [0.5, 0.6) is 0 Å². The number of rotatable bonds is 6. The van der Waals surface area contributed by atoms with Crippen LogP contribution in [0.4, 0.5) is 28.1 Å². The first-order valence-corrected chi connectivity index (χ1v) is 10.3. The van der Waals surface area contributed by atoms with E-state index in [0.29, 0.717) is 10.7 Å². The lowest BCUT2D eigenvalue weighted by Crippen LogP contribution is -2.46. The van der Waals surface area contributed by atoms with Gasteiger partial charge in [-0.15, -0.1) is 10.2 Å².